The van der Waals surface area contributed by atoms with Gasteiger partial charge in [0, 0.05) is 11.4 Å². The van der Waals surface area contributed by atoms with E-state index in [1.54, 1.807) is 11.3 Å². The minimum atomic E-state index is -0.630. The zero-order valence-corrected chi connectivity index (χ0v) is 9.62. The van der Waals surface area contributed by atoms with Crippen molar-refractivity contribution in [3.63, 3.8) is 0 Å². The lowest BCUT2D eigenvalue weighted by Gasteiger charge is -2.31. The molecule has 2 heterocycles. The molecule has 13 heavy (non-hydrogen) atoms. The molecule has 0 spiro atoms. The third-order valence-electron chi connectivity index (χ3n) is 2.39. The maximum Gasteiger partial charge on any atom is 0.111 e. The van der Waals surface area contributed by atoms with Crippen LogP contribution in [0.15, 0.2) is 15.9 Å². The topological polar surface area (TPSA) is 32.3 Å². The van der Waals surface area contributed by atoms with Gasteiger partial charge in [0.05, 0.1) is 3.79 Å². The Bertz CT molecular complexity index is 294. The smallest absolute Gasteiger partial charge is 0.111 e. The van der Waals surface area contributed by atoms with Crippen LogP contribution >= 0.6 is 27.3 Å². The fourth-order valence-corrected chi connectivity index (χ4v) is 3.17. The first-order chi connectivity index (χ1) is 6.21. The number of hydrogen-bond acceptors (Lipinski definition) is 3. The number of piperidine rings is 1. The first-order valence-electron chi connectivity index (χ1n) is 4.40. The van der Waals surface area contributed by atoms with Gasteiger partial charge in [0.15, 0.2) is 0 Å². The molecule has 0 saturated carbocycles. The summed E-state index contributed by atoms with van der Waals surface area (Å²) in [6.07, 6.45) is 1.92. The lowest BCUT2D eigenvalue weighted by Crippen LogP contribution is -2.42. The van der Waals surface area contributed by atoms with Crippen LogP contribution < -0.4 is 5.32 Å². The summed E-state index contributed by atoms with van der Waals surface area (Å²) in [5.74, 6) is 0. The number of β-amino-alcohol motifs (C(OH)–C–C–N with tert-alkyl or cyclic N) is 1. The van der Waals surface area contributed by atoms with E-state index in [1.807, 2.05) is 12.1 Å². The third kappa shape index (κ3) is 1.96. The molecule has 0 aliphatic carbocycles. The van der Waals surface area contributed by atoms with Crippen LogP contribution in [0.5, 0.6) is 0 Å². The zero-order valence-electron chi connectivity index (χ0n) is 7.22. The second-order valence-corrected chi connectivity index (χ2v) is 5.88. The van der Waals surface area contributed by atoms with Crippen molar-refractivity contribution < 1.29 is 5.11 Å². The molecule has 0 amide bonds. The fourth-order valence-electron chi connectivity index (χ4n) is 1.66. The lowest BCUT2D eigenvalue weighted by molar-refractivity contribution is 0.0158. The van der Waals surface area contributed by atoms with Crippen LogP contribution in [0, 0.1) is 0 Å². The van der Waals surface area contributed by atoms with Crippen molar-refractivity contribution in [3.8, 4) is 0 Å². The Kier molecular flexibility index (Phi) is 2.74. The molecule has 1 unspecified atom stereocenters. The average Bonchev–Trinajstić information content (AvgIpc) is 2.54. The quantitative estimate of drug-likeness (QED) is 0.812. The van der Waals surface area contributed by atoms with Gasteiger partial charge in [-0.2, -0.15) is 0 Å². The Morgan fingerprint density at radius 2 is 2.38 bits per heavy atom. The summed E-state index contributed by atoms with van der Waals surface area (Å²) < 4.78 is 1.08. The minimum Gasteiger partial charge on any atom is -0.383 e. The van der Waals surface area contributed by atoms with E-state index >= 15 is 0 Å². The normalized spacial score (nSPS) is 29.1. The second-order valence-electron chi connectivity index (χ2n) is 3.42. The van der Waals surface area contributed by atoms with Crippen LogP contribution in [0.25, 0.3) is 0 Å². The third-order valence-corrected chi connectivity index (χ3v) is 4.21. The summed E-state index contributed by atoms with van der Waals surface area (Å²) in [6.45, 7) is 1.70. The molecule has 2 nitrogen and oxygen atoms in total. The molecule has 1 atom stereocenters. The Labute approximate surface area is 90.1 Å². The number of aliphatic hydroxyl groups is 1. The summed E-state index contributed by atoms with van der Waals surface area (Å²) in [7, 11) is 0. The van der Waals surface area contributed by atoms with Gasteiger partial charge in [-0.05, 0) is 47.4 Å². The number of hydrogen-bond donors (Lipinski definition) is 2. The van der Waals surface area contributed by atoms with Crippen LogP contribution in [0.1, 0.15) is 17.7 Å². The van der Waals surface area contributed by atoms with Crippen molar-refractivity contribution in [2.75, 3.05) is 13.1 Å². The molecule has 4 heteroatoms. The SMILES string of the molecule is OC1(c2ccc(Br)s2)CCCNC1. The molecule has 1 aromatic rings. The van der Waals surface area contributed by atoms with Gasteiger partial charge in [0.1, 0.15) is 5.60 Å². The van der Waals surface area contributed by atoms with Gasteiger partial charge in [-0.3, -0.25) is 0 Å². The molecule has 0 radical (unpaired) electrons. The van der Waals surface area contributed by atoms with E-state index in [0.717, 1.165) is 28.0 Å². The number of halogens is 1. The molecule has 72 valence electrons. The Morgan fingerprint density at radius 1 is 1.54 bits per heavy atom. The number of thiophene rings is 1. The molecule has 0 bridgehead atoms. The van der Waals surface area contributed by atoms with Crippen molar-refractivity contribution >= 4 is 27.3 Å². The zero-order chi connectivity index (χ0) is 9.31. The van der Waals surface area contributed by atoms with Gasteiger partial charge in [-0.1, -0.05) is 0 Å². The predicted octanol–water partition coefficient (Wildman–Crippen LogP) is 2.08. The van der Waals surface area contributed by atoms with E-state index in [1.165, 1.54) is 0 Å². The monoisotopic (exact) mass is 261 g/mol. The number of rotatable bonds is 1. The van der Waals surface area contributed by atoms with E-state index in [4.69, 9.17) is 0 Å². The maximum absolute atomic E-state index is 10.3. The first kappa shape index (κ1) is 9.65. The lowest BCUT2D eigenvalue weighted by atomic mass is 9.93. The van der Waals surface area contributed by atoms with Gasteiger partial charge in [0.25, 0.3) is 0 Å². The van der Waals surface area contributed by atoms with Crippen LogP contribution in [0.4, 0.5) is 0 Å². The minimum absolute atomic E-state index is 0.630. The highest BCUT2D eigenvalue weighted by molar-refractivity contribution is 9.11. The van der Waals surface area contributed by atoms with Crippen molar-refractivity contribution in [1.82, 2.24) is 5.32 Å². The van der Waals surface area contributed by atoms with E-state index in [9.17, 15) is 5.11 Å². The molecular formula is C9H12BrNOS. The summed E-state index contributed by atoms with van der Waals surface area (Å²) in [5, 5.41) is 13.5. The van der Waals surface area contributed by atoms with E-state index < -0.39 is 5.60 Å². The fraction of sp³-hybridized carbons (Fsp3) is 0.556. The van der Waals surface area contributed by atoms with Crippen molar-refractivity contribution in [2.45, 2.75) is 18.4 Å². The molecule has 1 aliphatic rings. The van der Waals surface area contributed by atoms with Crippen molar-refractivity contribution in [3.05, 3.63) is 20.8 Å². The maximum atomic E-state index is 10.3. The summed E-state index contributed by atoms with van der Waals surface area (Å²) >= 11 is 5.03. The van der Waals surface area contributed by atoms with Gasteiger partial charge < -0.3 is 10.4 Å². The van der Waals surface area contributed by atoms with E-state index in [2.05, 4.69) is 21.2 Å². The summed E-state index contributed by atoms with van der Waals surface area (Å²) in [4.78, 5) is 1.06. The highest BCUT2D eigenvalue weighted by Gasteiger charge is 2.32. The average molecular weight is 262 g/mol. The van der Waals surface area contributed by atoms with Crippen molar-refractivity contribution in [1.29, 1.82) is 0 Å². The molecule has 1 fully saturated rings. The highest BCUT2D eigenvalue weighted by Crippen LogP contribution is 2.35. The van der Waals surface area contributed by atoms with Crippen LogP contribution in [0.3, 0.4) is 0 Å². The molecule has 0 aromatic carbocycles. The van der Waals surface area contributed by atoms with Crippen LogP contribution in [0.2, 0.25) is 0 Å². The highest BCUT2D eigenvalue weighted by atomic mass is 79.9. The Balaban J connectivity index is 2.22. The first-order valence-corrected chi connectivity index (χ1v) is 6.01. The van der Waals surface area contributed by atoms with Gasteiger partial charge in [0.2, 0.25) is 0 Å². The van der Waals surface area contributed by atoms with Gasteiger partial charge in [-0.25, -0.2) is 0 Å². The Hall–Kier alpha value is 0.1000. The van der Waals surface area contributed by atoms with Gasteiger partial charge in [-0.15, -0.1) is 11.3 Å². The largest absolute Gasteiger partial charge is 0.383 e. The van der Waals surface area contributed by atoms with E-state index in [0.29, 0.717) is 6.54 Å². The molecule has 1 aromatic heterocycles. The van der Waals surface area contributed by atoms with Crippen LogP contribution in [-0.2, 0) is 5.60 Å². The standard InChI is InChI=1S/C9H12BrNOS/c10-8-3-2-7(13-8)9(12)4-1-5-11-6-9/h2-3,11-12H,1,4-6H2. The predicted molar refractivity (Wildman–Crippen MR) is 58.0 cm³/mol. The summed E-state index contributed by atoms with van der Waals surface area (Å²) in [6, 6.07) is 3.99. The van der Waals surface area contributed by atoms with E-state index in [-0.39, 0.29) is 0 Å². The molecule has 2 rings (SSSR count). The number of nitrogens with one attached hydrogen (secondary N) is 1. The van der Waals surface area contributed by atoms with Gasteiger partial charge >= 0.3 is 0 Å². The molecular weight excluding hydrogens is 250 g/mol. The molecule has 2 N–H and O–H groups in total. The van der Waals surface area contributed by atoms with Crippen LogP contribution in [-0.4, -0.2) is 18.2 Å². The molecule has 1 aliphatic heterocycles. The second kappa shape index (κ2) is 3.69. The summed E-state index contributed by atoms with van der Waals surface area (Å²) in [5.41, 5.74) is -0.630. The van der Waals surface area contributed by atoms with Crippen molar-refractivity contribution in [2.24, 2.45) is 0 Å². The Morgan fingerprint density at radius 3 is 2.92 bits per heavy atom. The molecule has 1 saturated heterocycles.